The Bertz CT molecular complexity index is 704. The average Bonchev–Trinajstić information content (AvgIpc) is 2.64. The van der Waals surface area contributed by atoms with Crippen LogP contribution in [0, 0.1) is 6.92 Å². The highest BCUT2D eigenvalue weighted by Gasteiger charge is 2.11. The first-order chi connectivity index (χ1) is 12.1. The summed E-state index contributed by atoms with van der Waals surface area (Å²) < 4.78 is 4.95. The van der Waals surface area contributed by atoms with E-state index in [0.29, 0.717) is 13.1 Å². The molecular formula is C19H23N3O3. The number of nitrogens with one attached hydrogen (secondary N) is 1. The zero-order chi connectivity index (χ0) is 18.1. The zero-order valence-corrected chi connectivity index (χ0v) is 14.6. The Morgan fingerprint density at radius 1 is 1.20 bits per heavy atom. The summed E-state index contributed by atoms with van der Waals surface area (Å²) >= 11 is 0. The Kier molecular flexibility index (Phi) is 6.95. The van der Waals surface area contributed by atoms with Crippen molar-refractivity contribution < 1.29 is 14.3 Å². The maximum atomic E-state index is 11.8. The third-order valence-corrected chi connectivity index (χ3v) is 3.66. The standard InChI is InChI=1S/C19H23N3O3/c1-3-22(16-8-6-7-15(2)13-16)12-11-21-18(23)14-25-19(24)17-9-4-5-10-20-17/h4-10,13H,3,11-12,14H2,1-2H3,(H,21,23). The first kappa shape index (κ1) is 18.4. The third kappa shape index (κ3) is 5.91. The fraction of sp³-hybridized carbons (Fsp3) is 0.316. The summed E-state index contributed by atoms with van der Waals surface area (Å²) in [6.45, 7) is 5.80. The molecule has 0 aliphatic carbocycles. The minimum Gasteiger partial charge on any atom is -0.451 e. The van der Waals surface area contributed by atoms with Gasteiger partial charge in [0.15, 0.2) is 6.61 Å². The quantitative estimate of drug-likeness (QED) is 0.745. The van der Waals surface area contributed by atoms with E-state index in [2.05, 4.69) is 41.2 Å². The number of carbonyl (C=O) groups is 2. The molecule has 0 aliphatic rings. The maximum Gasteiger partial charge on any atom is 0.357 e. The van der Waals surface area contributed by atoms with Crippen LogP contribution in [0.15, 0.2) is 48.7 Å². The predicted octanol–water partition coefficient (Wildman–Crippen LogP) is 2.19. The van der Waals surface area contributed by atoms with Gasteiger partial charge < -0.3 is 15.0 Å². The number of nitrogens with zero attached hydrogens (tertiary/aromatic N) is 2. The number of carbonyl (C=O) groups excluding carboxylic acids is 2. The third-order valence-electron chi connectivity index (χ3n) is 3.66. The van der Waals surface area contributed by atoms with E-state index in [1.807, 2.05) is 12.1 Å². The minimum absolute atomic E-state index is 0.187. The number of rotatable bonds is 8. The van der Waals surface area contributed by atoms with E-state index < -0.39 is 5.97 Å². The Morgan fingerprint density at radius 3 is 2.72 bits per heavy atom. The number of hydrogen-bond acceptors (Lipinski definition) is 5. The smallest absolute Gasteiger partial charge is 0.357 e. The van der Waals surface area contributed by atoms with Crippen LogP contribution in [0.3, 0.4) is 0 Å². The molecule has 0 saturated carbocycles. The Morgan fingerprint density at radius 2 is 2.04 bits per heavy atom. The molecule has 6 heteroatoms. The fourth-order valence-electron chi connectivity index (χ4n) is 2.36. The topological polar surface area (TPSA) is 71.5 Å². The van der Waals surface area contributed by atoms with Crippen molar-refractivity contribution in [2.45, 2.75) is 13.8 Å². The summed E-state index contributed by atoms with van der Waals surface area (Å²) in [4.78, 5) is 29.6. The molecule has 0 aliphatic heterocycles. The normalized spacial score (nSPS) is 10.2. The number of anilines is 1. The van der Waals surface area contributed by atoms with E-state index in [9.17, 15) is 9.59 Å². The van der Waals surface area contributed by atoms with Gasteiger partial charge in [-0.1, -0.05) is 18.2 Å². The Labute approximate surface area is 147 Å². The van der Waals surface area contributed by atoms with Crippen molar-refractivity contribution in [1.82, 2.24) is 10.3 Å². The van der Waals surface area contributed by atoms with Crippen molar-refractivity contribution >= 4 is 17.6 Å². The molecule has 0 spiro atoms. The van der Waals surface area contributed by atoms with Gasteiger partial charge >= 0.3 is 5.97 Å². The van der Waals surface area contributed by atoms with Gasteiger partial charge in [-0.25, -0.2) is 9.78 Å². The number of hydrogen-bond donors (Lipinski definition) is 1. The summed E-state index contributed by atoms with van der Waals surface area (Å²) in [5.41, 5.74) is 2.51. The molecule has 1 aromatic heterocycles. The zero-order valence-electron chi connectivity index (χ0n) is 14.6. The summed E-state index contributed by atoms with van der Waals surface area (Å²) in [5.74, 6) is -0.935. The molecule has 2 aromatic rings. The second kappa shape index (κ2) is 9.42. The van der Waals surface area contributed by atoms with Gasteiger partial charge in [0.25, 0.3) is 5.91 Å². The molecule has 0 atom stereocenters. The van der Waals surface area contributed by atoms with E-state index in [0.717, 1.165) is 12.2 Å². The molecule has 0 saturated heterocycles. The molecule has 132 valence electrons. The lowest BCUT2D eigenvalue weighted by molar-refractivity contribution is -0.124. The average molecular weight is 341 g/mol. The molecule has 1 heterocycles. The summed E-state index contributed by atoms with van der Waals surface area (Å²) in [5, 5.41) is 2.76. The van der Waals surface area contributed by atoms with Gasteiger partial charge in [0, 0.05) is 31.5 Å². The molecule has 0 bridgehead atoms. The molecule has 0 fully saturated rings. The van der Waals surface area contributed by atoms with Crippen LogP contribution in [-0.4, -0.2) is 43.1 Å². The van der Waals surface area contributed by atoms with Crippen molar-refractivity contribution in [3.05, 3.63) is 59.9 Å². The van der Waals surface area contributed by atoms with Crippen LogP contribution < -0.4 is 10.2 Å². The van der Waals surface area contributed by atoms with Gasteiger partial charge in [-0.05, 0) is 43.7 Å². The van der Waals surface area contributed by atoms with E-state index >= 15 is 0 Å². The van der Waals surface area contributed by atoms with Crippen molar-refractivity contribution in [2.75, 3.05) is 31.1 Å². The van der Waals surface area contributed by atoms with E-state index in [4.69, 9.17) is 4.74 Å². The first-order valence-corrected chi connectivity index (χ1v) is 8.26. The highest BCUT2D eigenvalue weighted by Crippen LogP contribution is 2.14. The molecule has 1 aromatic carbocycles. The van der Waals surface area contributed by atoms with Gasteiger partial charge in [0.2, 0.25) is 0 Å². The van der Waals surface area contributed by atoms with Gasteiger partial charge in [0.1, 0.15) is 5.69 Å². The Balaban J connectivity index is 1.73. The lowest BCUT2D eigenvalue weighted by Gasteiger charge is -2.23. The first-order valence-electron chi connectivity index (χ1n) is 8.26. The van der Waals surface area contributed by atoms with Crippen LogP contribution >= 0.6 is 0 Å². The monoisotopic (exact) mass is 341 g/mol. The van der Waals surface area contributed by atoms with Crippen molar-refractivity contribution in [1.29, 1.82) is 0 Å². The Hall–Kier alpha value is -2.89. The second-order valence-corrected chi connectivity index (χ2v) is 5.56. The summed E-state index contributed by atoms with van der Waals surface area (Å²) in [6.07, 6.45) is 1.50. The van der Waals surface area contributed by atoms with Crippen LogP contribution in [0.1, 0.15) is 23.0 Å². The molecule has 1 N–H and O–H groups in total. The van der Waals surface area contributed by atoms with E-state index in [1.165, 1.54) is 11.8 Å². The molecule has 25 heavy (non-hydrogen) atoms. The van der Waals surface area contributed by atoms with Crippen LogP contribution in [0.4, 0.5) is 5.69 Å². The number of aromatic nitrogens is 1. The van der Waals surface area contributed by atoms with Crippen LogP contribution in [0.2, 0.25) is 0 Å². The SMILES string of the molecule is CCN(CCNC(=O)COC(=O)c1ccccn1)c1cccc(C)c1. The van der Waals surface area contributed by atoms with Crippen LogP contribution in [0.25, 0.3) is 0 Å². The fourth-order valence-corrected chi connectivity index (χ4v) is 2.36. The lowest BCUT2D eigenvalue weighted by Crippen LogP contribution is -2.37. The molecule has 0 radical (unpaired) electrons. The second-order valence-electron chi connectivity index (χ2n) is 5.56. The number of aryl methyl sites for hydroxylation is 1. The van der Waals surface area contributed by atoms with Gasteiger partial charge in [-0.2, -0.15) is 0 Å². The van der Waals surface area contributed by atoms with Crippen molar-refractivity contribution in [3.63, 3.8) is 0 Å². The number of ether oxygens (including phenoxy) is 1. The van der Waals surface area contributed by atoms with Crippen LogP contribution in [0.5, 0.6) is 0 Å². The van der Waals surface area contributed by atoms with Crippen LogP contribution in [-0.2, 0) is 9.53 Å². The summed E-state index contributed by atoms with van der Waals surface area (Å²) in [7, 11) is 0. The largest absolute Gasteiger partial charge is 0.451 e. The number of amides is 1. The van der Waals surface area contributed by atoms with E-state index in [1.54, 1.807) is 18.2 Å². The minimum atomic E-state index is -0.606. The highest BCUT2D eigenvalue weighted by atomic mass is 16.5. The number of pyridine rings is 1. The number of esters is 1. The van der Waals surface area contributed by atoms with Gasteiger partial charge in [0.05, 0.1) is 0 Å². The maximum absolute atomic E-state index is 11.8. The van der Waals surface area contributed by atoms with E-state index in [-0.39, 0.29) is 18.2 Å². The lowest BCUT2D eigenvalue weighted by atomic mass is 10.2. The van der Waals surface area contributed by atoms with Gasteiger partial charge in [-0.3, -0.25) is 4.79 Å². The van der Waals surface area contributed by atoms with Gasteiger partial charge in [-0.15, -0.1) is 0 Å². The molecular weight excluding hydrogens is 318 g/mol. The molecule has 0 unspecified atom stereocenters. The molecule has 2 rings (SSSR count). The highest BCUT2D eigenvalue weighted by molar-refractivity contribution is 5.89. The molecule has 6 nitrogen and oxygen atoms in total. The number of benzene rings is 1. The number of likely N-dealkylation sites (N-methyl/N-ethyl adjacent to an activating group) is 1. The van der Waals surface area contributed by atoms with Crippen molar-refractivity contribution in [2.24, 2.45) is 0 Å². The predicted molar refractivity (Wildman–Crippen MR) is 96.6 cm³/mol. The summed E-state index contributed by atoms with van der Waals surface area (Å²) in [6, 6.07) is 13.2. The van der Waals surface area contributed by atoms with Crippen molar-refractivity contribution in [3.8, 4) is 0 Å². The molecule has 1 amide bonds.